The standard InChI is InChI=1S/C19H17N3O5/c1-9-5-13(26-21-9)8-24-19(23)15-7-16(14-6-10(2)25-12(14)4)20-18-17(15)11(3)22-27-18/h5-7H,8H2,1-4H3. The fraction of sp³-hybridized carbons (Fsp3) is 0.263. The van der Waals surface area contributed by atoms with Crippen molar-refractivity contribution in [2.24, 2.45) is 0 Å². The van der Waals surface area contributed by atoms with Gasteiger partial charge in [0.05, 0.1) is 28.0 Å². The molecule has 0 saturated carbocycles. The van der Waals surface area contributed by atoms with Crippen LogP contribution in [0.4, 0.5) is 0 Å². The number of ether oxygens (including phenoxy) is 1. The predicted molar refractivity (Wildman–Crippen MR) is 94.1 cm³/mol. The number of aromatic nitrogens is 3. The van der Waals surface area contributed by atoms with Crippen molar-refractivity contribution >= 4 is 17.1 Å². The van der Waals surface area contributed by atoms with Crippen LogP contribution in [-0.4, -0.2) is 21.3 Å². The van der Waals surface area contributed by atoms with Gasteiger partial charge in [0.2, 0.25) is 0 Å². The number of rotatable bonds is 4. The third-order valence-electron chi connectivity index (χ3n) is 4.18. The second kappa shape index (κ2) is 6.39. The molecule has 0 aliphatic heterocycles. The Balaban J connectivity index is 1.74. The Morgan fingerprint density at radius 1 is 1.07 bits per heavy atom. The summed E-state index contributed by atoms with van der Waals surface area (Å²) in [5.41, 5.74) is 3.20. The zero-order chi connectivity index (χ0) is 19.1. The van der Waals surface area contributed by atoms with E-state index in [4.69, 9.17) is 18.2 Å². The number of carbonyl (C=O) groups excluding carboxylic acids is 1. The van der Waals surface area contributed by atoms with E-state index in [-0.39, 0.29) is 12.3 Å². The number of hydrogen-bond donors (Lipinski definition) is 0. The van der Waals surface area contributed by atoms with Crippen LogP contribution in [0.2, 0.25) is 0 Å². The van der Waals surface area contributed by atoms with E-state index in [9.17, 15) is 4.79 Å². The molecule has 138 valence electrons. The van der Waals surface area contributed by atoms with Crippen molar-refractivity contribution in [3.63, 3.8) is 0 Å². The lowest BCUT2D eigenvalue weighted by Crippen LogP contribution is -2.07. The van der Waals surface area contributed by atoms with Gasteiger partial charge in [0.15, 0.2) is 12.4 Å². The number of carbonyl (C=O) groups is 1. The number of furan rings is 1. The molecule has 0 bridgehead atoms. The van der Waals surface area contributed by atoms with Crippen LogP contribution in [-0.2, 0) is 11.3 Å². The number of fused-ring (bicyclic) bond motifs is 1. The highest BCUT2D eigenvalue weighted by molar-refractivity contribution is 6.04. The number of nitrogens with zero attached hydrogens (tertiary/aromatic N) is 3. The molecule has 4 aromatic heterocycles. The Labute approximate surface area is 154 Å². The van der Waals surface area contributed by atoms with Crippen LogP contribution in [0.15, 0.2) is 31.7 Å². The van der Waals surface area contributed by atoms with E-state index in [1.165, 1.54) is 0 Å². The van der Waals surface area contributed by atoms with Gasteiger partial charge in [-0.25, -0.2) is 9.78 Å². The van der Waals surface area contributed by atoms with E-state index in [1.54, 1.807) is 26.0 Å². The third kappa shape index (κ3) is 3.10. The molecule has 0 aliphatic rings. The molecule has 8 heteroatoms. The minimum Gasteiger partial charge on any atom is -0.466 e. The molecule has 0 spiro atoms. The average Bonchev–Trinajstić information content (AvgIpc) is 3.31. The van der Waals surface area contributed by atoms with Gasteiger partial charge in [-0.05, 0) is 39.8 Å². The van der Waals surface area contributed by atoms with Gasteiger partial charge >= 0.3 is 5.97 Å². The van der Waals surface area contributed by atoms with E-state index in [0.717, 1.165) is 17.0 Å². The monoisotopic (exact) mass is 367 g/mol. The molecule has 4 rings (SSSR count). The summed E-state index contributed by atoms with van der Waals surface area (Å²) < 4.78 is 21.3. The quantitative estimate of drug-likeness (QED) is 0.497. The lowest BCUT2D eigenvalue weighted by atomic mass is 10.1. The Morgan fingerprint density at radius 3 is 2.56 bits per heavy atom. The molecule has 0 atom stereocenters. The first-order valence-corrected chi connectivity index (χ1v) is 8.36. The average molecular weight is 367 g/mol. The van der Waals surface area contributed by atoms with Crippen LogP contribution < -0.4 is 0 Å². The molecule has 27 heavy (non-hydrogen) atoms. The van der Waals surface area contributed by atoms with E-state index >= 15 is 0 Å². The lowest BCUT2D eigenvalue weighted by molar-refractivity contribution is 0.0439. The summed E-state index contributed by atoms with van der Waals surface area (Å²) in [5.74, 6) is 1.39. The minimum atomic E-state index is -0.526. The summed E-state index contributed by atoms with van der Waals surface area (Å²) in [6.07, 6.45) is 0. The maximum atomic E-state index is 12.8. The predicted octanol–water partition coefficient (Wildman–Crippen LogP) is 4.06. The molecule has 0 aromatic carbocycles. The van der Waals surface area contributed by atoms with Gasteiger partial charge in [0.1, 0.15) is 11.5 Å². The van der Waals surface area contributed by atoms with Crippen molar-refractivity contribution in [2.75, 3.05) is 0 Å². The highest BCUT2D eigenvalue weighted by Gasteiger charge is 2.22. The van der Waals surface area contributed by atoms with E-state index < -0.39 is 5.97 Å². The summed E-state index contributed by atoms with van der Waals surface area (Å²) in [6.45, 7) is 7.21. The van der Waals surface area contributed by atoms with Crippen LogP contribution in [0.3, 0.4) is 0 Å². The van der Waals surface area contributed by atoms with Gasteiger partial charge < -0.3 is 18.2 Å². The Hall–Kier alpha value is -3.42. The number of esters is 1. The first kappa shape index (κ1) is 17.0. The molecular formula is C19H17N3O5. The Kier molecular flexibility index (Phi) is 4.02. The molecule has 0 unspecified atom stereocenters. The highest BCUT2D eigenvalue weighted by atomic mass is 16.5. The Bertz CT molecular complexity index is 1150. The summed E-state index contributed by atoms with van der Waals surface area (Å²) in [4.78, 5) is 17.2. The van der Waals surface area contributed by atoms with Crippen molar-refractivity contribution in [1.29, 1.82) is 0 Å². The summed E-state index contributed by atoms with van der Waals surface area (Å²) in [6, 6.07) is 5.24. The van der Waals surface area contributed by atoms with E-state index in [2.05, 4.69) is 15.3 Å². The normalized spacial score (nSPS) is 11.3. The number of aryl methyl sites for hydroxylation is 4. The van der Waals surface area contributed by atoms with Crippen LogP contribution in [0.1, 0.15) is 39.0 Å². The summed E-state index contributed by atoms with van der Waals surface area (Å²) >= 11 is 0. The van der Waals surface area contributed by atoms with Crippen LogP contribution in [0.5, 0.6) is 0 Å². The smallest absolute Gasteiger partial charge is 0.339 e. The maximum absolute atomic E-state index is 12.8. The maximum Gasteiger partial charge on any atom is 0.339 e. The van der Waals surface area contributed by atoms with Crippen molar-refractivity contribution in [3.8, 4) is 11.3 Å². The molecule has 0 fully saturated rings. The first-order chi connectivity index (χ1) is 12.9. The van der Waals surface area contributed by atoms with Crippen molar-refractivity contribution in [2.45, 2.75) is 34.3 Å². The molecule has 4 heterocycles. The molecule has 0 N–H and O–H groups in total. The van der Waals surface area contributed by atoms with Gasteiger partial charge in [-0.1, -0.05) is 10.3 Å². The lowest BCUT2D eigenvalue weighted by Gasteiger charge is -2.06. The fourth-order valence-corrected chi connectivity index (χ4v) is 2.98. The SMILES string of the molecule is Cc1cc(COC(=O)c2cc(-c3cc(C)oc3C)nc3onc(C)c23)on1. The first-order valence-electron chi connectivity index (χ1n) is 8.36. The topological polar surface area (TPSA) is 104 Å². The largest absolute Gasteiger partial charge is 0.466 e. The van der Waals surface area contributed by atoms with E-state index in [1.807, 2.05) is 19.9 Å². The second-order valence-corrected chi connectivity index (χ2v) is 6.34. The molecule has 4 aromatic rings. The van der Waals surface area contributed by atoms with Gasteiger partial charge in [-0.3, -0.25) is 0 Å². The molecule has 0 amide bonds. The van der Waals surface area contributed by atoms with Crippen LogP contribution in [0.25, 0.3) is 22.4 Å². The van der Waals surface area contributed by atoms with Gasteiger partial charge in [0.25, 0.3) is 5.71 Å². The van der Waals surface area contributed by atoms with Crippen molar-refractivity contribution in [1.82, 2.24) is 15.3 Å². The summed E-state index contributed by atoms with van der Waals surface area (Å²) in [7, 11) is 0. The molecule has 0 radical (unpaired) electrons. The Morgan fingerprint density at radius 2 is 1.89 bits per heavy atom. The molecule has 0 saturated heterocycles. The number of hydrogen-bond acceptors (Lipinski definition) is 8. The molecular weight excluding hydrogens is 350 g/mol. The van der Waals surface area contributed by atoms with Gasteiger partial charge in [0, 0.05) is 11.6 Å². The third-order valence-corrected chi connectivity index (χ3v) is 4.18. The fourth-order valence-electron chi connectivity index (χ4n) is 2.98. The highest BCUT2D eigenvalue weighted by Crippen LogP contribution is 2.30. The molecule has 8 nitrogen and oxygen atoms in total. The summed E-state index contributed by atoms with van der Waals surface area (Å²) in [5, 5.41) is 8.23. The molecule has 0 aliphatic carbocycles. The number of pyridine rings is 1. The zero-order valence-corrected chi connectivity index (χ0v) is 15.3. The van der Waals surface area contributed by atoms with Crippen molar-refractivity contribution < 1.29 is 23.0 Å². The van der Waals surface area contributed by atoms with Gasteiger partial charge in [-0.2, -0.15) is 0 Å². The minimum absolute atomic E-state index is 0.0208. The van der Waals surface area contributed by atoms with E-state index in [0.29, 0.717) is 33.9 Å². The zero-order valence-electron chi connectivity index (χ0n) is 15.3. The van der Waals surface area contributed by atoms with Crippen molar-refractivity contribution in [3.05, 3.63) is 52.4 Å². The van der Waals surface area contributed by atoms with Crippen LogP contribution in [0, 0.1) is 27.7 Å². The van der Waals surface area contributed by atoms with Gasteiger partial charge in [-0.15, -0.1) is 0 Å². The second-order valence-electron chi connectivity index (χ2n) is 6.34. The van der Waals surface area contributed by atoms with Crippen LogP contribution >= 0.6 is 0 Å².